The van der Waals surface area contributed by atoms with Crippen molar-refractivity contribution in [2.45, 2.75) is 90.7 Å². The lowest BCUT2D eigenvalue weighted by Gasteiger charge is -2.27. The number of amides is 1. The first-order valence-electron chi connectivity index (χ1n) is 8.39. The summed E-state index contributed by atoms with van der Waals surface area (Å²) in [5.74, 6) is 6.50. The number of hydrogen-bond acceptors (Lipinski definition) is 2. The van der Waals surface area contributed by atoms with E-state index in [9.17, 15) is 4.79 Å². The molecule has 1 aliphatic rings. The Morgan fingerprint density at radius 3 is 2.67 bits per heavy atom. The third kappa shape index (κ3) is 7.41. The summed E-state index contributed by atoms with van der Waals surface area (Å²) in [7, 11) is 0. The number of likely N-dealkylation sites (tertiary alicyclic amines) is 1. The molecule has 1 heterocycles. The molecule has 1 rings (SSSR count). The Bertz CT molecular complexity index is 373. The van der Waals surface area contributed by atoms with Gasteiger partial charge in [0.25, 0.3) is 0 Å². The van der Waals surface area contributed by atoms with E-state index >= 15 is 0 Å². The molecule has 3 heteroatoms. The van der Waals surface area contributed by atoms with E-state index in [4.69, 9.17) is 4.74 Å². The van der Waals surface area contributed by atoms with Gasteiger partial charge in [0, 0.05) is 25.4 Å². The number of carbonyl (C=O) groups excluding carboxylic acids is 1. The van der Waals surface area contributed by atoms with Crippen LogP contribution in [-0.4, -0.2) is 29.2 Å². The highest BCUT2D eigenvalue weighted by molar-refractivity contribution is 5.69. The molecule has 0 radical (unpaired) electrons. The lowest BCUT2D eigenvalue weighted by atomic mass is 10.1. The monoisotopic (exact) mass is 293 g/mol. The normalized spacial score (nSPS) is 18.3. The average Bonchev–Trinajstić information content (AvgIpc) is 2.84. The number of ether oxygens (including phenoxy) is 1. The number of unbranched alkanes of at least 4 members (excludes halogenated alkanes) is 4. The van der Waals surface area contributed by atoms with Crippen LogP contribution in [0.25, 0.3) is 0 Å². The molecule has 3 nitrogen and oxygen atoms in total. The van der Waals surface area contributed by atoms with Crippen molar-refractivity contribution in [2.75, 3.05) is 6.54 Å². The molecule has 21 heavy (non-hydrogen) atoms. The van der Waals surface area contributed by atoms with Crippen molar-refractivity contribution in [3.63, 3.8) is 0 Å². The van der Waals surface area contributed by atoms with Crippen molar-refractivity contribution in [3.05, 3.63) is 0 Å². The fourth-order valence-corrected chi connectivity index (χ4v) is 2.53. The standard InChI is InChI=1S/C18H31NO2/c1-5-6-7-8-9-10-11-13-16-14-12-15-19(16)17(20)21-18(2,3)4/h16H,5-9,12-15H2,1-4H3. The van der Waals surface area contributed by atoms with Gasteiger partial charge in [0.2, 0.25) is 0 Å². The summed E-state index contributed by atoms with van der Waals surface area (Å²) in [6, 6.07) is 0.239. The molecular formula is C18H31NO2. The van der Waals surface area contributed by atoms with Gasteiger partial charge >= 0.3 is 6.09 Å². The SMILES string of the molecule is CCCCCCC#CCC1CCCN1C(=O)OC(C)(C)C. The molecule has 1 amide bonds. The first-order chi connectivity index (χ1) is 9.94. The molecule has 1 unspecified atom stereocenters. The smallest absolute Gasteiger partial charge is 0.410 e. The Kier molecular flexibility index (Phi) is 7.64. The topological polar surface area (TPSA) is 29.5 Å². The van der Waals surface area contributed by atoms with Crippen LogP contribution in [0.1, 0.15) is 79.1 Å². The number of nitrogens with zero attached hydrogens (tertiary/aromatic N) is 1. The number of carbonyl (C=O) groups is 1. The fourth-order valence-electron chi connectivity index (χ4n) is 2.53. The van der Waals surface area contributed by atoms with E-state index in [0.29, 0.717) is 0 Å². The van der Waals surface area contributed by atoms with Crippen molar-refractivity contribution >= 4 is 6.09 Å². The molecule has 1 aliphatic heterocycles. The minimum Gasteiger partial charge on any atom is -0.444 e. The molecule has 0 bridgehead atoms. The Morgan fingerprint density at radius 1 is 1.24 bits per heavy atom. The van der Waals surface area contributed by atoms with Crippen LogP contribution in [0, 0.1) is 11.8 Å². The first-order valence-corrected chi connectivity index (χ1v) is 8.39. The second-order valence-electron chi connectivity index (χ2n) is 6.84. The molecule has 0 aromatic carbocycles. The Hall–Kier alpha value is -1.17. The summed E-state index contributed by atoms with van der Waals surface area (Å²) in [5.41, 5.74) is -0.421. The molecule has 0 spiro atoms. The van der Waals surface area contributed by atoms with Crippen molar-refractivity contribution in [2.24, 2.45) is 0 Å². The third-order valence-electron chi connectivity index (χ3n) is 3.62. The summed E-state index contributed by atoms with van der Waals surface area (Å²) in [6.07, 6.45) is 8.73. The molecule has 0 saturated carbocycles. The highest BCUT2D eigenvalue weighted by Gasteiger charge is 2.31. The lowest BCUT2D eigenvalue weighted by molar-refractivity contribution is 0.0230. The summed E-state index contributed by atoms with van der Waals surface area (Å²) in [4.78, 5) is 14.0. The molecular weight excluding hydrogens is 262 g/mol. The van der Waals surface area contributed by atoms with Gasteiger partial charge in [-0.3, -0.25) is 0 Å². The van der Waals surface area contributed by atoms with Gasteiger partial charge in [-0.2, -0.15) is 0 Å². The molecule has 1 saturated heterocycles. The van der Waals surface area contributed by atoms with Crippen LogP contribution in [0.4, 0.5) is 4.79 Å². The minimum absolute atomic E-state index is 0.185. The average molecular weight is 293 g/mol. The Morgan fingerprint density at radius 2 is 2.00 bits per heavy atom. The van der Waals surface area contributed by atoms with E-state index in [2.05, 4.69) is 18.8 Å². The summed E-state index contributed by atoms with van der Waals surface area (Å²) in [5, 5.41) is 0. The maximum atomic E-state index is 12.1. The highest BCUT2D eigenvalue weighted by Crippen LogP contribution is 2.22. The zero-order valence-corrected chi connectivity index (χ0v) is 14.2. The van der Waals surface area contributed by atoms with Crippen molar-refractivity contribution in [1.82, 2.24) is 4.90 Å². The Labute approximate surface area is 130 Å². The van der Waals surface area contributed by atoms with Crippen LogP contribution in [0.2, 0.25) is 0 Å². The zero-order chi connectivity index (χ0) is 15.7. The van der Waals surface area contributed by atoms with E-state index < -0.39 is 5.60 Å². The lowest BCUT2D eigenvalue weighted by Crippen LogP contribution is -2.39. The van der Waals surface area contributed by atoms with E-state index in [1.807, 2.05) is 25.7 Å². The second kappa shape index (κ2) is 8.97. The van der Waals surface area contributed by atoms with Gasteiger partial charge in [-0.15, -0.1) is 11.8 Å². The van der Waals surface area contributed by atoms with E-state index in [0.717, 1.165) is 32.2 Å². The highest BCUT2D eigenvalue weighted by atomic mass is 16.6. The van der Waals surface area contributed by atoms with E-state index in [-0.39, 0.29) is 12.1 Å². The van der Waals surface area contributed by atoms with Gasteiger partial charge in [0.1, 0.15) is 5.60 Å². The van der Waals surface area contributed by atoms with Crippen LogP contribution in [0.15, 0.2) is 0 Å². The van der Waals surface area contributed by atoms with Gasteiger partial charge in [-0.1, -0.05) is 26.2 Å². The quantitative estimate of drug-likeness (QED) is 0.541. The second-order valence-corrected chi connectivity index (χ2v) is 6.84. The van der Waals surface area contributed by atoms with Gasteiger partial charge in [-0.05, 0) is 40.0 Å². The molecule has 1 fully saturated rings. The van der Waals surface area contributed by atoms with Crippen LogP contribution >= 0.6 is 0 Å². The van der Waals surface area contributed by atoms with Crippen molar-refractivity contribution in [1.29, 1.82) is 0 Å². The first kappa shape index (κ1) is 17.9. The molecule has 0 aromatic rings. The molecule has 1 atom stereocenters. The number of rotatable bonds is 5. The Balaban J connectivity index is 2.33. The largest absolute Gasteiger partial charge is 0.444 e. The van der Waals surface area contributed by atoms with Crippen molar-refractivity contribution in [3.8, 4) is 11.8 Å². The van der Waals surface area contributed by atoms with Gasteiger partial charge in [0.15, 0.2) is 0 Å². The van der Waals surface area contributed by atoms with Crippen LogP contribution in [-0.2, 0) is 4.74 Å². The summed E-state index contributed by atoms with van der Waals surface area (Å²) >= 11 is 0. The molecule has 0 aromatic heterocycles. The fraction of sp³-hybridized carbons (Fsp3) is 0.833. The van der Waals surface area contributed by atoms with Gasteiger partial charge in [0.05, 0.1) is 0 Å². The van der Waals surface area contributed by atoms with Gasteiger partial charge in [-0.25, -0.2) is 4.79 Å². The predicted octanol–water partition coefficient (Wildman–Crippen LogP) is 4.75. The maximum absolute atomic E-state index is 12.1. The minimum atomic E-state index is -0.421. The molecule has 0 aliphatic carbocycles. The number of hydrogen-bond donors (Lipinski definition) is 0. The zero-order valence-electron chi connectivity index (χ0n) is 14.2. The van der Waals surface area contributed by atoms with E-state index in [1.165, 1.54) is 25.7 Å². The third-order valence-corrected chi connectivity index (χ3v) is 3.62. The summed E-state index contributed by atoms with van der Waals surface area (Å²) in [6.45, 7) is 8.75. The molecule has 0 N–H and O–H groups in total. The van der Waals surface area contributed by atoms with Crippen LogP contribution in [0.3, 0.4) is 0 Å². The van der Waals surface area contributed by atoms with Crippen LogP contribution < -0.4 is 0 Å². The van der Waals surface area contributed by atoms with Gasteiger partial charge < -0.3 is 9.64 Å². The van der Waals surface area contributed by atoms with Crippen LogP contribution in [0.5, 0.6) is 0 Å². The van der Waals surface area contributed by atoms with Crippen molar-refractivity contribution < 1.29 is 9.53 Å². The van der Waals surface area contributed by atoms with E-state index in [1.54, 1.807) is 0 Å². The maximum Gasteiger partial charge on any atom is 0.410 e. The predicted molar refractivity (Wildman–Crippen MR) is 87.1 cm³/mol. The molecule has 120 valence electrons. The summed E-state index contributed by atoms with van der Waals surface area (Å²) < 4.78 is 5.46.